The molecule has 0 saturated heterocycles. The van der Waals surface area contributed by atoms with Gasteiger partial charge in [0.2, 0.25) is 11.8 Å². The van der Waals surface area contributed by atoms with E-state index in [1.165, 1.54) is 0 Å². The summed E-state index contributed by atoms with van der Waals surface area (Å²) in [5, 5.41) is 2.61. The van der Waals surface area contributed by atoms with E-state index in [2.05, 4.69) is 24.2 Å². The Balaban J connectivity index is 1.94. The Morgan fingerprint density at radius 2 is 1.76 bits per heavy atom. The van der Waals surface area contributed by atoms with Crippen LogP contribution in [0.5, 0.6) is 0 Å². The Morgan fingerprint density at radius 1 is 1.08 bits per heavy atom. The Labute approximate surface area is 219 Å². The zero-order chi connectivity index (χ0) is 26.9. The Morgan fingerprint density at radius 3 is 2.41 bits per heavy atom. The molecule has 0 fully saturated rings. The molecule has 0 spiro atoms. The Hall–Kier alpha value is -3.78. The lowest BCUT2D eigenvalue weighted by atomic mass is 9.97. The molecule has 3 N–H and O–H groups in total. The van der Waals surface area contributed by atoms with Gasteiger partial charge in [0.15, 0.2) is 0 Å². The molecule has 0 saturated carbocycles. The van der Waals surface area contributed by atoms with E-state index in [1.54, 1.807) is 13.1 Å². The lowest BCUT2D eigenvalue weighted by molar-refractivity contribution is -0.127. The second-order valence-corrected chi connectivity index (χ2v) is 9.39. The van der Waals surface area contributed by atoms with Crippen molar-refractivity contribution in [2.75, 3.05) is 33.7 Å². The molecule has 1 heterocycles. The number of nitrogens with zero attached hydrogens (tertiary/aromatic N) is 3. The molecule has 0 atom stereocenters. The van der Waals surface area contributed by atoms with Gasteiger partial charge in [0, 0.05) is 49.8 Å². The summed E-state index contributed by atoms with van der Waals surface area (Å²) in [6, 6.07) is 11.5. The van der Waals surface area contributed by atoms with Crippen molar-refractivity contribution in [3.05, 3.63) is 58.7 Å². The summed E-state index contributed by atoms with van der Waals surface area (Å²) in [5.74, 6) is 0.316. The van der Waals surface area contributed by atoms with E-state index in [0.29, 0.717) is 48.7 Å². The highest BCUT2D eigenvalue weighted by Crippen LogP contribution is 2.33. The molecule has 196 valence electrons. The number of hydrogen-bond acceptors (Lipinski definition) is 6. The number of hydrogen-bond donors (Lipinski definition) is 2. The van der Waals surface area contributed by atoms with Crippen molar-refractivity contribution in [1.82, 2.24) is 15.1 Å². The van der Waals surface area contributed by atoms with Gasteiger partial charge in [-0.25, -0.2) is 4.99 Å². The average Bonchev–Trinajstić information content (AvgIpc) is 3.05. The predicted molar refractivity (Wildman–Crippen MR) is 149 cm³/mol. The molecule has 3 rings (SSSR count). The van der Waals surface area contributed by atoms with Gasteiger partial charge in [-0.2, -0.15) is 0 Å². The minimum absolute atomic E-state index is 0.00810. The summed E-state index contributed by atoms with van der Waals surface area (Å²) in [6.45, 7) is 6.24. The van der Waals surface area contributed by atoms with Crippen LogP contribution in [0.25, 0.3) is 17.2 Å². The van der Waals surface area contributed by atoms with Crippen molar-refractivity contribution in [2.45, 2.75) is 39.7 Å². The summed E-state index contributed by atoms with van der Waals surface area (Å²) in [6.07, 6.45) is 4.84. The number of aliphatic imine (C=N–C) groups is 1. The topological polar surface area (TPSA) is 108 Å². The van der Waals surface area contributed by atoms with Gasteiger partial charge >= 0.3 is 0 Å². The third-order valence-electron chi connectivity index (χ3n) is 6.28. The van der Waals surface area contributed by atoms with Crippen LogP contribution in [0.15, 0.2) is 47.0 Å². The minimum Gasteiger partial charge on any atom is -0.387 e. The maximum atomic E-state index is 13.2. The van der Waals surface area contributed by atoms with Crippen molar-refractivity contribution < 1.29 is 14.4 Å². The van der Waals surface area contributed by atoms with Crippen molar-refractivity contribution >= 4 is 35.7 Å². The second-order valence-electron chi connectivity index (χ2n) is 9.39. The normalized spacial score (nSPS) is 12.8. The molecule has 2 aromatic carbocycles. The van der Waals surface area contributed by atoms with Gasteiger partial charge in [0.1, 0.15) is 12.1 Å². The van der Waals surface area contributed by atoms with Crippen LogP contribution in [0.4, 0.5) is 5.69 Å². The number of carbonyl (C=O) groups is 3. The molecule has 0 unspecified atom stereocenters. The van der Waals surface area contributed by atoms with E-state index in [1.807, 2.05) is 53.3 Å². The molecule has 1 aliphatic rings. The first-order valence-corrected chi connectivity index (χ1v) is 12.7. The number of amides is 2. The first-order chi connectivity index (χ1) is 17.8. The Bertz CT molecular complexity index is 1210. The number of amidine groups is 1. The van der Waals surface area contributed by atoms with Crippen LogP contribution in [0.2, 0.25) is 0 Å². The van der Waals surface area contributed by atoms with Gasteiger partial charge in [0.05, 0.1) is 12.2 Å². The van der Waals surface area contributed by atoms with E-state index in [0.717, 1.165) is 41.4 Å². The second kappa shape index (κ2) is 13.0. The smallest absolute Gasteiger partial charge is 0.250 e. The summed E-state index contributed by atoms with van der Waals surface area (Å²) in [5.41, 5.74) is 11.7. The van der Waals surface area contributed by atoms with E-state index in [4.69, 9.17) is 5.73 Å². The number of nitrogens with one attached hydrogen (secondary N) is 1. The molecule has 8 nitrogen and oxygen atoms in total. The number of benzene rings is 2. The fourth-order valence-corrected chi connectivity index (χ4v) is 4.47. The van der Waals surface area contributed by atoms with Crippen LogP contribution >= 0.6 is 0 Å². The highest BCUT2D eigenvalue weighted by Gasteiger charge is 2.21. The largest absolute Gasteiger partial charge is 0.387 e. The van der Waals surface area contributed by atoms with Crippen LogP contribution in [-0.2, 0) is 16.1 Å². The number of aldehydes is 1. The van der Waals surface area contributed by atoms with E-state index in [9.17, 15) is 14.4 Å². The number of carbonyl (C=O) groups excluding carboxylic acids is 3. The van der Waals surface area contributed by atoms with Crippen LogP contribution in [0.1, 0.15) is 54.6 Å². The Kier molecular flexibility index (Phi) is 9.74. The molecule has 0 bridgehead atoms. The SMILES string of the molecule is CCCN(CCC)C(=O)C1=Cc2ccc(-c3ccc(C=O)c(CN(C)CC(=O)NC)c3)cc2N=C(N)C1. The summed E-state index contributed by atoms with van der Waals surface area (Å²) < 4.78 is 0. The summed E-state index contributed by atoms with van der Waals surface area (Å²) in [7, 11) is 3.44. The molecule has 2 aromatic rings. The molecule has 37 heavy (non-hydrogen) atoms. The third kappa shape index (κ3) is 7.13. The van der Waals surface area contributed by atoms with Gasteiger partial charge in [0.25, 0.3) is 0 Å². The van der Waals surface area contributed by atoms with Gasteiger partial charge < -0.3 is 16.0 Å². The number of fused-ring (bicyclic) bond motifs is 1. The summed E-state index contributed by atoms with van der Waals surface area (Å²) >= 11 is 0. The minimum atomic E-state index is -0.0917. The first-order valence-electron chi connectivity index (χ1n) is 12.7. The maximum absolute atomic E-state index is 13.2. The molecule has 2 amide bonds. The average molecular weight is 504 g/mol. The van der Waals surface area contributed by atoms with E-state index in [-0.39, 0.29) is 18.4 Å². The fraction of sp³-hybridized carbons (Fsp3) is 0.379. The number of nitrogens with two attached hydrogens (primary N) is 1. The predicted octanol–water partition coefficient (Wildman–Crippen LogP) is 3.77. The monoisotopic (exact) mass is 503 g/mol. The van der Waals surface area contributed by atoms with E-state index < -0.39 is 0 Å². The fourth-order valence-electron chi connectivity index (χ4n) is 4.47. The van der Waals surface area contributed by atoms with Crippen molar-refractivity contribution in [3.8, 4) is 11.1 Å². The zero-order valence-electron chi connectivity index (χ0n) is 22.2. The van der Waals surface area contributed by atoms with Crippen LogP contribution < -0.4 is 11.1 Å². The quantitative estimate of drug-likeness (QED) is 0.454. The molecule has 1 aliphatic heterocycles. The van der Waals surface area contributed by atoms with Crippen molar-refractivity contribution in [3.63, 3.8) is 0 Å². The summed E-state index contributed by atoms with van der Waals surface area (Å²) in [4.78, 5) is 45.0. The van der Waals surface area contributed by atoms with Gasteiger partial charge in [-0.15, -0.1) is 0 Å². The number of likely N-dealkylation sites (N-methyl/N-ethyl adjacent to an activating group) is 2. The molecule has 0 radical (unpaired) electrons. The molecule has 0 aliphatic carbocycles. The van der Waals surface area contributed by atoms with Gasteiger partial charge in [-0.1, -0.05) is 38.1 Å². The zero-order valence-corrected chi connectivity index (χ0v) is 22.2. The molecule has 8 heteroatoms. The molecular formula is C29H37N5O3. The molecule has 0 aromatic heterocycles. The highest BCUT2D eigenvalue weighted by atomic mass is 16.2. The standard InChI is InChI=1S/C29H37N5O3/c1-5-11-34(12-6-2)29(37)24-14-22-9-7-21(15-26(22)32-27(30)16-24)20-8-10-23(19-35)25(13-20)17-33(4)18-28(36)31-3/h7-10,13-15,19H,5-6,11-12,16-18H2,1-4H3,(H2,30,32)(H,31,36). The van der Waals surface area contributed by atoms with Crippen molar-refractivity contribution in [1.29, 1.82) is 0 Å². The number of rotatable bonds is 11. The third-order valence-corrected chi connectivity index (χ3v) is 6.28. The molecular weight excluding hydrogens is 466 g/mol. The van der Waals surface area contributed by atoms with Crippen LogP contribution in [-0.4, -0.2) is 67.5 Å². The highest BCUT2D eigenvalue weighted by molar-refractivity contribution is 6.05. The van der Waals surface area contributed by atoms with Gasteiger partial charge in [-0.05, 0) is 54.8 Å². The van der Waals surface area contributed by atoms with Gasteiger partial charge in [-0.3, -0.25) is 19.3 Å². The van der Waals surface area contributed by atoms with Crippen LogP contribution in [0, 0.1) is 0 Å². The van der Waals surface area contributed by atoms with Crippen LogP contribution in [0.3, 0.4) is 0 Å². The van der Waals surface area contributed by atoms with E-state index >= 15 is 0 Å². The van der Waals surface area contributed by atoms with Crippen molar-refractivity contribution in [2.24, 2.45) is 10.7 Å². The lowest BCUT2D eigenvalue weighted by Crippen LogP contribution is -2.34. The first kappa shape index (κ1) is 27.8. The lowest BCUT2D eigenvalue weighted by Gasteiger charge is -2.22. The maximum Gasteiger partial charge on any atom is 0.250 e.